The highest BCUT2D eigenvalue weighted by Gasteiger charge is 2.41. The number of aliphatic hydroxyl groups is 2. The van der Waals surface area contributed by atoms with Crippen LogP contribution >= 0.6 is 0 Å². The maximum Gasteiger partial charge on any atom is 0.334 e. The van der Waals surface area contributed by atoms with Gasteiger partial charge < -0.3 is 14.9 Å². The number of carbonyl (C=O) groups is 1. The Morgan fingerprint density at radius 1 is 1.29 bits per heavy atom. The number of rotatable bonds is 0. The first-order valence-electron chi connectivity index (χ1n) is 8.84. The topological polar surface area (TPSA) is 66.8 Å². The number of esters is 1. The number of allylic oxidation sites excluding steroid dienone is 2. The molecule has 1 fully saturated rings. The molecule has 24 heavy (non-hydrogen) atoms. The highest BCUT2D eigenvalue weighted by atomic mass is 16.6. The largest absolute Gasteiger partial charge is 0.456 e. The number of hydrogen-bond acceptors (Lipinski definition) is 4. The van der Waals surface area contributed by atoms with E-state index in [0.717, 1.165) is 18.4 Å². The Hall–Kier alpha value is -1.39. The van der Waals surface area contributed by atoms with Gasteiger partial charge in [0.05, 0.1) is 11.7 Å². The molecule has 2 rings (SSSR count). The summed E-state index contributed by atoms with van der Waals surface area (Å²) in [7, 11) is 0. The van der Waals surface area contributed by atoms with Crippen LogP contribution in [0.4, 0.5) is 0 Å². The molecule has 1 saturated heterocycles. The predicted molar refractivity (Wildman–Crippen MR) is 94.4 cm³/mol. The second kappa shape index (κ2) is 7.66. The summed E-state index contributed by atoms with van der Waals surface area (Å²) in [5, 5.41) is 21.0. The summed E-state index contributed by atoms with van der Waals surface area (Å²) in [4.78, 5) is 12.1. The molecule has 134 valence electrons. The van der Waals surface area contributed by atoms with Gasteiger partial charge in [-0.2, -0.15) is 0 Å². The zero-order valence-corrected chi connectivity index (χ0v) is 14.9. The molecular formula is C20H30O4. The van der Waals surface area contributed by atoms with Crippen molar-refractivity contribution in [3.63, 3.8) is 0 Å². The SMILES string of the molecule is C=C1C(=O)O[C@@H]2C[C@H]1CCC(=C)[C@@H](O)CC/C(C)=C/CC[C@]2(C)O. The molecule has 0 aromatic rings. The molecule has 4 atom stereocenters. The van der Waals surface area contributed by atoms with E-state index < -0.39 is 23.8 Å². The Morgan fingerprint density at radius 3 is 2.71 bits per heavy atom. The quantitative estimate of drug-likeness (QED) is 0.404. The van der Waals surface area contributed by atoms with Crippen molar-refractivity contribution in [2.45, 2.75) is 76.6 Å². The van der Waals surface area contributed by atoms with Crippen molar-refractivity contribution in [2.75, 3.05) is 0 Å². The van der Waals surface area contributed by atoms with E-state index in [1.165, 1.54) is 5.57 Å². The summed E-state index contributed by atoms with van der Waals surface area (Å²) in [6.45, 7) is 11.6. The standard InChI is InChI=1S/C20H30O4/c1-13-6-5-11-20(4,23)18-12-16(15(3)19(22)24-18)9-8-14(2)17(21)10-7-13/h6,16-18,21,23H,2-3,5,7-12H2,1,4H3/b13-6+/t16-,17+,18-,20+/m1/s1. The molecule has 4 nitrogen and oxygen atoms in total. The first-order chi connectivity index (χ1) is 11.2. The second-order valence-corrected chi connectivity index (χ2v) is 7.55. The summed E-state index contributed by atoms with van der Waals surface area (Å²) in [6, 6.07) is 0. The minimum Gasteiger partial charge on any atom is -0.456 e. The zero-order valence-electron chi connectivity index (χ0n) is 14.9. The monoisotopic (exact) mass is 334 g/mol. The van der Waals surface area contributed by atoms with Gasteiger partial charge in [0.2, 0.25) is 0 Å². The van der Waals surface area contributed by atoms with E-state index in [1.54, 1.807) is 6.92 Å². The molecule has 2 aliphatic rings. The Kier molecular flexibility index (Phi) is 6.05. The molecule has 0 saturated carbocycles. The average molecular weight is 334 g/mol. The number of ether oxygens (including phenoxy) is 1. The van der Waals surface area contributed by atoms with Gasteiger partial charge in [0.25, 0.3) is 0 Å². The summed E-state index contributed by atoms with van der Waals surface area (Å²) in [6.07, 6.45) is 5.72. The molecule has 4 heteroatoms. The van der Waals surface area contributed by atoms with Crippen LogP contribution in [0.25, 0.3) is 0 Å². The highest BCUT2D eigenvalue weighted by Crippen LogP contribution is 2.36. The van der Waals surface area contributed by atoms with Crippen molar-refractivity contribution in [3.8, 4) is 0 Å². The van der Waals surface area contributed by atoms with Crippen LogP contribution < -0.4 is 0 Å². The van der Waals surface area contributed by atoms with Crippen LogP contribution in [0.3, 0.4) is 0 Å². The van der Waals surface area contributed by atoms with Crippen LogP contribution in [0.1, 0.15) is 58.8 Å². The molecule has 0 spiro atoms. The minimum atomic E-state index is -1.05. The van der Waals surface area contributed by atoms with E-state index in [-0.39, 0.29) is 5.92 Å². The molecular weight excluding hydrogens is 304 g/mol. The maximum atomic E-state index is 12.1. The predicted octanol–water partition coefficient (Wildman–Crippen LogP) is 3.44. The van der Waals surface area contributed by atoms with E-state index in [1.807, 2.05) is 6.92 Å². The summed E-state index contributed by atoms with van der Waals surface area (Å²) < 4.78 is 5.44. The van der Waals surface area contributed by atoms with E-state index in [4.69, 9.17) is 4.74 Å². The lowest BCUT2D eigenvalue weighted by molar-refractivity contribution is -0.168. The maximum absolute atomic E-state index is 12.1. The fraction of sp³-hybridized carbons (Fsp3) is 0.650. The van der Waals surface area contributed by atoms with Crippen LogP contribution in [0.15, 0.2) is 36.0 Å². The number of carbonyl (C=O) groups excluding carboxylic acids is 1. The first kappa shape index (κ1) is 18.9. The highest BCUT2D eigenvalue weighted by molar-refractivity contribution is 5.89. The summed E-state index contributed by atoms with van der Waals surface area (Å²) in [5.74, 6) is -0.451. The van der Waals surface area contributed by atoms with Gasteiger partial charge in [0, 0.05) is 5.57 Å². The minimum absolute atomic E-state index is 0.0353. The normalized spacial score (nSPS) is 38.8. The lowest BCUT2D eigenvalue weighted by Crippen LogP contribution is -2.47. The van der Waals surface area contributed by atoms with Crippen molar-refractivity contribution in [1.29, 1.82) is 0 Å². The Morgan fingerprint density at radius 2 is 2.00 bits per heavy atom. The van der Waals surface area contributed by atoms with E-state index in [2.05, 4.69) is 19.2 Å². The Balaban J connectivity index is 2.22. The fourth-order valence-electron chi connectivity index (χ4n) is 3.46. The smallest absolute Gasteiger partial charge is 0.334 e. The van der Waals surface area contributed by atoms with Gasteiger partial charge in [-0.25, -0.2) is 4.79 Å². The van der Waals surface area contributed by atoms with Gasteiger partial charge in [0.1, 0.15) is 6.10 Å². The first-order valence-corrected chi connectivity index (χ1v) is 8.84. The van der Waals surface area contributed by atoms with Gasteiger partial charge in [0.15, 0.2) is 0 Å². The van der Waals surface area contributed by atoms with Crippen LogP contribution in [0.5, 0.6) is 0 Å². The van der Waals surface area contributed by atoms with E-state index >= 15 is 0 Å². The number of fused-ring (bicyclic) bond motifs is 2. The number of aliphatic hydroxyl groups excluding tert-OH is 1. The lowest BCUT2D eigenvalue weighted by Gasteiger charge is -2.39. The summed E-state index contributed by atoms with van der Waals surface area (Å²) in [5.41, 5.74) is 1.41. The van der Waals surface area contributed by atoms with Gasteiger partial charge in [-0.3, -0.25) is 0 Å². The molecule has 0 aromatic heterocycles. The second-order valence-electron chi connectivity index (χ2n) is 7.55. The van der Waals surface area contributed by atoms with Gasteiger partial charge in [-0.15, -0.1) is 0 Å². The molecule has 2 N–H and O–H groups in total. The van der Waals surface area contributed by atoms with Crippen molar-refractivity contribution < 1.29 is 19.7 Å². The summed E-state index contributed by atoms with van der Waals surface area (Å²) >= 11 is 0. The molecule has 0 unspecified atom stereocenters. The van der Waals surface area contributed by atoms with Crippen molar-refractivity contribution >= 4 is 5.97 Å². The lowest BCUT2D eigenvalue weighted by atomic mass is 9.79. The van der Waals surface area contributed by atoms with E-state index in [0.29, 0.717) is 37.7 Å². The van der Waals surface area contributed by atoms with Crippen molar-refractivity contribution in [3.05, 3.63) is 36.0 Å². The molecule has 2 bridgehead atoms. The fourth-order valence-corrected chi connectivity index (χ4v) is 3.46. The van der Waals surface area contributed by atoms with Crippen LogP contribution in [-0.2, 0) is 9.53 Å². The molecule has 0 radical (unpaired) electrons. The third kappa shape index (κ3) is 4.58. The molecule has 1 heterocycles. The Labute approximate surface area is 144 Å². The molecule has 0 aromatic carbocycles. The third-order valence-electron chi connectivity index (χ3n) is 5.44. The van der Waals surface area contributed by atoms with Gasteiger partial charge in [-0.1, -0.05) is 24.8 Å². The van der Waals surface area contributed by atoms with Crippen molar-refractivity contribution in [1.82, 2.24) is 0 Å². The Bertz CT molecular complexity index is 544. The zero-order chi connectivity index (χ0) is 17.9. The number of hydrogen-bond donors (Lipinski definition) is 2. The van der Waals surface area contributed by atoms with Crippen LogP contribution in [0, 0.1) is 5.92 Å². The molecule has 1 aliphatic heterocycles. The van der Waals surface area contributed by atoms with E-state index in [9.17, 15) is 15.0 Å². The molecule has 1 aliphatic carbocycles. The third-order valence-corrected chi connectivity index (χ3v) is 5.44. The average Bonchev–Trinajstić information content (AvgIpc) is 2.52. The molecule has 0 amide bonds. The van der Waals surface area contributed by atoms with Gasteiger partial charge >= 0.3 is 5.97 Å². The van der Waals surface area contributed by atoms with Crippen LogP contribution in [0.2, 0.25) is 0 Å². The van der Waals surface area contributed by atoms with Crippen molar-refractivity contribution in [2.24, 2.45) is 5.92 Å². The van der Waals surface area contributed by atoms with Crippen LogP contribution in [-0.4, -0.2) is 34.0 Å². The van der Waals surface area contributed by atoms with Gasteiger partial charge in [-0.05, 0) is 70.3 Å².